The maximum absolute atomic E-state index is 4.42. The summed E-state index contributed by atoms with van der Waals surface area (Å²) in [5.41, 5.74) is 1.45. The monoisotopic (exact) mass is 235 g/mol. The van der Waals surface area contributed by atoms with Crippen molar-refractivity contribution in [3.05, 3.63) is 18.0 Å². The van der Waals surface area contributed by atoms with Crippen molar-refractivity contribution in [3.8, 4) is 0 Å². The quantitative estimate of drug-likeness (QED) is 0.850. The van der Waals surface area contributed by atoms with Crippen LogP contribution in [0.25, 0.3) is 0 Å². The van der Waals surface area contributed by atoms with Gasteiger partial charge in [0.1, 0.15) is 0 Å². The van der Waals surface area contributed by atoms with Gasteiger partial charge in [-0.1, -0.05) is 19.8 Å². The lowest BCUT2D eigenvalue weighted by atomic mass is 9.77. The Morgan fingerprint density at radius 3 is 2.94 bits per heavy atom. The molecule has 2 atom stereocenters. The van der Waals surface area contributed by atoms with Gasteiger partial charge < -0.3 is 5.32 Å². The molecule has 0 aliphatic heterocycles. The second kappa shape index (κ2) is 6.20. The molecule has 1 heterocycles. The molecule has 3 nitrogen and oxygen atoms in total. The lowest BCUT2D eigenvalue weighted by Crippen LogP contribution is -2.30. The van der Waals surface area contributed by atoms with Gasteiger partial charge >= 0.3 is 0 Å². The summed E-state index contributed by atoms with van der Waals surface area (Å²) in [5.74, 6) is 1.51. The minimum Gasteiger partial charge on any atom is -0.317 e. The Balaban J connectivity index is 2.10. The summed E-state index contributed by atoms with van der Waals surface area (Å²) in [7, 11) is 0. The molecule has 0 aromatic carbocycles. The second-order valence-corrected chi connectivity index (χ2v) is 5.03. The minimum atomic E-state index is 0.713. The van der Waals surface area contributed by atoms with Crippen molar-refractivity contribution in [2.75, 3.05) is 13.1 Å². The van der Waals surface area contributed by atoms with Crippen molar-refractivity contribution in [2.45, 2.75) is 52.0 Å². The van der Waals surface area contributed by atoms with Crippen LogP contribution in [0.2, 0.25) is 0 Å². The molecule has 1 fully saturated rings. The number of aromatic nitrogens is 2. The molecule has 0 spiro atoms. The van der Waals surface area contributed by atoms with Gasteiger partial charge in [-0.25, -0.2) is 0 Å². The third-order valence-corrected chi connectivity index (χ3v) is 3.99. The van der Waals surface area contributed by atoms with E-state index in [0.717, 1.165) is 25.6 Å². The Morgan fingerprint density at radius 2 is 2.18 bits per heavy atom. The Morgan fingerprint density at radius 1 is 1.35 bits per heavy atom. The summed E-state index contributed by atoms with van der Waals surface area (Å²) in [5, 5.41) is 7.94. The van der Waals surface area contributed by atoms with Gasteiger partial charge in [-0.05, 0) is 44.8 Å². The van der Waals surface area contributed by atoms with Gasteiger partial charge in [-0.15, -0.1) is 0 Å². The molecule has 2 rings (SSSR count). The van der Waals surface area contributed by atoms with E-state index in [1.54, 1.807) is 0 Å². The first-order valence-corrected chi connectivity index (χ1v) is 7.09. The molecule has 0 bridgehead atoms. The Labute approximate surface area is 105 Å². The number of hydrogen-bond donors (Lipinski definition) is 1. The summed E-state index contributed by atoms with van der Waals surface area (Å²) in [6, 6.07) is 2.22. The number of nitrogens with one attached hydrogen (secondary N) is 1. The van der Waals surface area contributed by atoms with Crippen molar-refractivity contribution in [1.82, 2.24) is 15.1 Å². The predicted octanol–water partition coefficient (Wildman–Crippen LogP) is 2.79. The van der Waals surface area contributed by atoms with Crippen LogP contribution in [0.5, 0.6) is 0 Å². The molecule has 1 saturated carbocycles. The van der Waals surface area contributed by atoms with Crippen LogP contribution in [0.3, 0.4) is 0 Å². The van der Waals surface area contributed by atoms with Crippen molar-refractivity contribution in [2.24, 2.45) is 5.92 Å². The molecule has 96 valence electrons. The number of rotatable bonds is 5. The molecule has 1 aromatic heterocycles. The highest BCUT2D eigenvalue weighted by Gasteiger charge is 2.28. The van der Waals surface area contributed by atoms with E-state index in [-0.39, 0.29) is 0 Å². The normalized spacial score (nSPS) is 25.1. The third kappa shape index (κ3) is 2.89. The van der Waals surface area contributed by atoms with E-state index in [0.29, 0.717) is 5.92 Å². The predicted molar refractivity (Wildman–Crippen MR) is 71.1 cm³/mol. The average Bonchev–Trinajstić information content (AvgIpc) is 2.84. The van der Waals surface area contributed by atoms with Crippen LogP contribution in [0.1, 0.15) is 51.1 Å². The average molecular weight is 235 g/mol. The van der Waals surface area contributed by atoms with Crippen molar-refractivity contribution < 1.29 is 0 Å². The van der Waals surface area contributed by atoms with Crippen LogP contribution in [-0.2, 0) is 6.54 Å². The Kier molecular flexibility index (Phi) is 4.60. The van der Waals surface area contributed by atoms with E-state index >= 15 is 0 Å². The zero-order valence-electron chi connectivity index (χ0n) is 11.2. The molecule has 0 amide bonds. The summed E-state index contributed by atoms with van der Waals surface area (Å²) < 4.78 is 2.18. The van der Waals surface area contributed by atoms with Crippen LogP contribution in [0, 0.1) is 5.92 Å². The van der Waals surface area contributed by atoms with E-state index in [1.165, 1.54) is 31.4 Å². The second-order valence-electron chi connectivity index (χ2n) is 5.03. The van der Waals surface area contributed by atoms with Gasteiger partial charge in [0.05, 0.1) is 0 Å². The summed E-state index contributed by atoms with van der Waals surface area (Å²) >= 11 is 0. The largest absolute Gasteiger partial charge is 0.317 e. The summed E-state index contributed by atoms with van der Waals surface area (Å²) in [6.07, 6.45) is 7.43. The van der Waals surface area contributed by atoms with E-state index in [1.807, 2.05) is 6.20 Å². The fraction of sp³-hybridized carbons (Fsp3) is 0.786. The number of nitrogens with zero attached hydrogens (tertiary/aromatic N) is 2. The molecule has 1 aromatic rings. The number of hydrogen-bond acceptors (Lipinski definition) is 2. The molecule has 1 aliphatic carbocycles. The van der Waals surface area contributed by atoms with E-state index < -0.39 is 0 Å². The first kappa shape index (κ1) is 12.6. The smallest absolute Gasteiger partial charge is 0.0492 e. The van der Waals surface area contributed by atoms with E-state index in [4.69, 9.17) is 0 Å². The lowest BCUT2D eigenvalue weighted by Gasteiger charge is -2.32. The Hall–Kier alpha value is -0.830. The first-order chi connectivity index (χ1) is 8.36. The van der Waals surface area contributed by atoms with Gasteiger partial charge in [0.2, 0.25) is 0 Å². The highest BCUT2D eigenvalue weighted by molar-refractivity contribution is 5.11. The van der Waals surface area contributed by atoms with Crippen molar-refractivity contribution in [1.29, 1.82) is 0 Å². The molecule has 17 heavy (non-hydrogen) atoms. The van der Waals surface area contributed by atoms with Crippen LogP contribution in [0.15, 0.2) is 12.3 Å². The molecule has 3 heteroatoms. The molecule has 1 N–H and O–H groups in total. The molecule has 1 aliphatic rings. The maximum Gasteiger partial charge on any atom is 0.0492 e. The summed E-state index contributed by atoms with van der Waals surface area (Å²) in [6.45, 7) is 7.60. The van der Waals surface area contributed by atoms with E-state index in [9.17, 15) is 0 Å². The fourth-order valence-electron chi connectivity index (χ4n) is 3.09. The van der Waals surface area contributed by atoms with Crippen LogP contribution in [0.4, 0.5) is 0 Å². The first-order valence-electron chi connectivity index (χ1n) is 7.09. The molecule has 0 saturated heterocycles. The van der Waals surface area contributed by atoms with Gasteiger partial charge in [0.25, 0.3) is 0 Å². The molecule has 0 radical (unpaired) electrons. The van der Waals surface area contributed by atoms with E-state index in [2.05, 4.69) is 35.0 Å². The van der Waals surface area contributed by atoms with Gasteiger partial charge in [0.15, 0.2) is 0 Å². The topological polar surface area (TPSA) is 29.9 Å². The minimum absolute atomic E-state index is 0.713. The Bertz CT molecular complexity index is 332. The van der Waals surface area contributed by atoms with Crippen LogP contribution in [-0.4, -0.2) is 22.9 Å². The van der Waals surface area contributed by atoms with Crippen LogP contribution < -0.4 is 5.32 Å². The lowest BCUT2D eigenvalue weighted by molar-refractivity contribution is 0.285. The van der Waals surface area contributed by atoms with Gasteiger partial charge in [0, 0.05) is 24.4 Å². The van der Waals surface area contributed by atoms with Gasteiger partial charge in [-0.2, -0.15) is 5.10 Å². The standard InChI is InChI=1S/C14H25N3/c1-3-15-11-12-7-5-6-8-13(12)14-9-10-16-17(14)4-2/h9-10,12-13,15H,3-8,11H2,1-2H3. The number of aryl methyl sites for hydroxylation is 1. The van der Waals surface area contributed by atoms with Crippen molar-refractivity contribution in [3.63, 3.8) is 0 Å². The SMILES string of the molecule is CCNCC1CCCCC1c1ccnn1CC. The maximum atomic E-state index is 4.42. The fourth-order valence-corrected chi connectivity index (χ4v) is 3.09. The van der Waals surface area contributed by atoms with Crippen molar-refractivity contribution >= 4 is 0 Å². The molecule has 2 unspecified atom stereocenters. The third-order valence-electron chi connectivity index (χ3n) is 3.99. The molecular weight excluding hydrogens is 210 g/mol. The summed E-state index contributed by atoms with van der Waals surface area (Å²) in [4.78, 5) is 0. The zero-order valence-corrected chi connectivity index (χ0v) is 11.2. The molecular formula is C14H25N3. The van der Waals surface area contributed by atoms with Crippen LogP contribution >= 0.6 is 0 Å². The zero-order chi connectivity index (χ0) is 12.1. The highest BCUT2D eigenvalue weighted by Crippen LogP contribution is 2.37. The highest BCUT2D eigenvalue weighted by atomic mass is 15.3. The van der Waals surface area contributed by atoms with Gasteiger partial charge in [-0.3, -0.25) is 4.68 Å².